The molecule has 0 aliphatic rings. The fourth-order valence-electron chi connectivity index (χ4n) is 2.77. The molecule has 0 aliphatic carbocycles. The number of nitriles is 1. The summed E-state index contributed by atoms with van der Waals surface area (Å²) in [7, 11) is 1.33. The first-order valence-corrected chi connectivity index (χ1v) is 9.57. The number of nitrogens with zero attached hydrogens (tertiary/aromatic N) is 3. The predicted octanol–water partition coefficient (Wildman–Crippen LogP) is 3.38. The van der Waals surface area contributed by atoms with Crippen LogP contribution in [0.4, 0.5) is 0 Å². The normalized spacial score (nSPS) is 11.6. The average Bonchev–Trinajstić information content (AvgIpc) is 2.66. The zero-order valence-corrected chi connectivity index (χ0v) is 17.7. The Morgan fingerprint density at radius 2 is 1.86 bits per heavy atom. The molecule has 7 nitrogen and oxygen atoms in total. The van der Waals surface area contributed by atoms with Crippen LogP contribution >= 0.6 is 23.2 Å². The summed E-state index contributed by atoms with van der Waals surface area (Å²) in [6, 6.07) is 6.88. The van der Waals surface area contributed by atoms with Crippen molar-refractivity contribution in [1.29, 1.82) is 5.26 Å². The Balaban J connectivity index is 2.30. The summed E-state index contributed by atoms with van der Waals surface area (Å²) < 4.78 is 0.503. The van der Waals surface area contributed by atoms with Crippen molar-refractivity contribution in [2.75, 3.05) is 7.05 Å². The van der Waals surface area contributed by atoms with Crippen LogP contribution in [-0.4, -0.2) is 29.8 Å². The van der Waals surface area contributed by atoms with Gasteiger partial charge in [-0.25, -0.2) is 0 Å². The van der Waals surface area contributed by atoms with Gasteiger partial charge in [0.2, 0.25) is 5.69 Å². The van der Waals surface area contributed by atoms with E-state index in [1.54, 1.807) is 24.4 Å². The molecule has 152 valence electrons. The maximum Gasteiger partial charge on any atom is 0.258 e. The molecule has 2 amide bonds. The Morgan fingerprint density at radius 1 is 1.24 bits per heavy atom. The van der Waals surface area contributed by atoms with Crippen molar-refractivity contribution in [2.24, 2.45) is 5.92 Å². The monoisotopic (exact) mass is 434 g/mol. The molecule has 1 heterocycles. The third-order valence-electron chi connectivity index (χ3n) is 4.19. The molecule has 0 saturated heterocycles. The fraction of sp³-hybridized carbons (Fsp3) is 0.300. The number of pyridine rings is 1. The van der Waals surface area contributed by atoms with E-state index >= 15 is 0 Å². The number of benzene rings is 1. The lowest BCUT2D eigenvalue weighted by atomic mass is 10.0. The number of nitrogens with one attached hydrogen (secondary N) is 1. The van der Waals surface area contributed by atoms with Gasteiger partial charge in [-0.3, -0.25) is 14.5 Å². The largest absolute Gasteiger partial charge is 0.618 e. The van der Waals surface area contributed by atoms with Crippen LogP contribution in [0.15, 0.2) is 36.5 Å². The molecule has 0 radical (unpaired) electrons. The quantitative estimate of drug-likeness (QED) is 0.325. The molecule has 0 unspecified atom stereocenters. The van der Waals surface area contributed by atoms with Crippen molar-refractivity contribution in [3.63, 3.8) is 0 Å². The molecule has 0 aliphatic heterocycles. The van der Waals surface area contributed by atoms with Crippen LogP contribution in [0, 0.1) is 22.6 Å². The van der Waals surface area contributed by atoms with Crippen LogP contribution in [-0.2, 0) is 4.79 Å². The molecule has 0 fully saturated rings. The molecule has 1 atom stereocenters. The van der Waals surface area contributed by atoms with E-state index in [1.165, 1.54) is 19.2 Å². The summed E-state index contributed by atoms with van der Waals surface area (Å²) in [5.41, 5.74) is 0.616. The molecule has 0 saturated carbocycles. The number of halogens is 2. The van der Waals surface area contributed by atoms with Crippen LogP contribution in [0.3, 0.4) is 0 Å². The van der Waals surface area contributed by atoms with Gasteiger partial charge in [0.25, 0.3) is 11.8 Å². The summed E-state index contributed by atoms with van der Waals surface area (Å²) in [6.07, 6.45) is 3.17. The van der Waals surface area contributed by atoms with Crippen molar-refractivity contribution >= 4 is 35.0 Å². The number of carbonyl (C=O) groups excluding carboxylic acids is 2. The highest BCUT2D eigenvalue weighted by Gasteiger charge is 2.26. The smallest absolute Gasteiger partial charge is 0.258 e. The van der Waals surface area contributed by atoms with Crippen molar-refractivity contribution < 1.29 is 14.3 Å². The van der Waals surface area contributed by atoms with Gasteiger partial charge in [-0.05, 0) is 30.5 Å². The predicted molar refractivity (Wildman–Crippen MR) is 110 cm³/mol. The van der Waals surface area contributed by atoms with Crippen molar-refractivity contribution in [1.82, 2.24) is 10.2 Å². The Kier molecular flexibility index (Phi) is 7.43. The Bertz CT molecular complexity index is 952. The topological polar surface area (TPSA) is 100 Å². The zero-order chi connectivity index (χ0) is 21.7. The molecular weight excluding hydrogens is 415 g/mol. The van der Waals surface area contributed by atoms with Gasteiger partial charge >= 0.3 is 0 Å². The van der Waals surface area contributed by atoms with E-state index in [0.717, 1.165) is 11.1 Å². The van der Waals surface area contributed by atoms with Gasteiger partial charge in [0.15, 0.2) is 12.4 Å². The maximum absolute atomic E-state index is 12.6. The average molecular weight is 435 g/mol. The van der Waals surface area contributed by atoms with Crippen molar-refractivity contribution in [3.05, 3.63) is 57.3 Å². The number of hydrogen-bond acceptors (Lipinski definition) is 4. The van der Waals surface area contributed by atoms with Gasteiger partial charge in [0.1, 0.15) is 11.6 Å². The first kappa shape index (κ1) is 22.5. The summed E-state index contributed by atoms with van der Waals surface area (Å²) in [6.45, 7) is 3.79. The van der Waals surface area contributed by atoms with Crippen LogP contribution in [0.5, 0.6) is 0 Å². The fourth-order valence-corrected chi connectivity index (χ4v) is 3.36. The second kappa shape index (κ2) is 9.59. The van der Waals surface area contributed by atoms with Crippen LogP contribution in [0.1, 0.15) is 30.6 Å². The number of carbonyl (C=O) groups is 2. The summed E-state index contributed by atoms with van der Waals surface area (Å²) in [4.78, 5) is 25.8. The van der Waals surface area contributed by atoms with E-state index < -0.39 is 17.9 Å². The Hall–Kier alpha value is -2.82. The van der Waals surface area contributed by atoms with Crippen molar-refractivity contribution in [2.45, 2.75) is 26.3 Å². The molecule has 2 rings (SSSR count). The SMILES string of the molecule is CC(C)C[C@H](NC(=O)c1ccc(-c2c(Cl)cccc2Cl)[n+]([O-])c1)C(=O)N(C)C#N. The number of rotatable bonds is 6. The van der Waals surface area contributed by atoms with Gasteiger partial charge in [0.05, 0.1) is 15.6 Å². The minimum atomic E-state index is -0.884. The first-order valence-electron chi connectivity index (χ1n) is 8.81. The minimum Gasteiger partial charge on any atom is -0.618 e. The highest BCUT2D eigenvalue weighted by Crippen LogP contribution is 2.32. The standard InChI is InChI=1S/C20H20Cl2N4O3/c1-12(2)9-16(20(28)25(3)11-23)24-19(27)13-7-8-17(26(29)10-13)18-14(21)5-4-6-15(18)22/h4-8,10,12,16H,9H2,1-3H3,(H,24,27)/t16-/m0/s1. The first-order chi connectivity index (χ1) is 13.6. The lowest BCUT2D eigenvalue weighted by Crippen LogP contribution is -2.47. The van der Waals surface area contributed by atoms with Gasteiger partial charge < -0.3 is 10.5 Å². The van der Waals surface area contributed by atoms with E-state index in [1.807, 2.05) is 13.8 Å². The van der Waals surface area contributed by atoms with Gasteiger partial charge in [-0.1, -0.05) is 43.1 Å². The molecule has 29 heavy (non-hydrogen) atoms. The second-order valence-corrected chi connectivity index (χ2v) is 7.69. The van der Waals surface area contributed by atoms with Crippen LogP contribution in [0.2, 0.25) is 10.0 Å². The maximum atomic E-state index is 12.6. The Morgan fingerprint density at radius 3 is 2.38 bits per heavy atom. The van der Waals surface area contributed by atoms with Gasteiger partial charge in [-0.2, -0.15) is 9.99 Å². The molecule has 0 spiro atoms. The molecule has 1 aromatic carbocycles. The number of likely N-dealkylation sites (N-methyl/N-ethyl adjacent to an activating group) is 1. The molecule has 0 bridgehead atoms. The lowest BCUT2D eigenvalue weighted by Gasteiger charge is -2.21. The number of hydrogen-bond donors (Lipinski definition) is 1. The lowest BCUT2D eigenvalue weighted by molar-refractivity contribution is -0.593. The Labute approximate surface area is 179 Å². The number of aromatic nitrogens is 1. The van der Waals surface area contributed by atoms with Crippen molar-refractivity contribution in [3.8, 4) is 17.5 Å². The zero-order valence-electron chi connectivity index (χ0n) is 16.1. The second-order valence-electron chi connectivity index (χ2n) is 6.88. The number of amides is 2. The van der Waals surface area contributed by atoms with E-state index in [4.69, 9.17) is 28.5 Å². The van der Waals surface area contributed by atoms with Gasteiger partial charge in [0, 0.05) is 13.1 Å². The van der Waals surface area contributed by atoms with Gasteiger partial charge in [-0.15, -0.1) is 0 Å². The van der Waals surface area contributed by atoms with Crippen LogP contribution in [0.25, 0.3) is 11.3 Å². The summed E-state index contributed by atoms with van der Waals surface area (Å²) in [5, 5.41) is 24.7. The summed E-state index contributed by atoms with van der Waals surface area (Å²) >= 11 is 12.3. The van der Waals surface area contributed by atoms with Crippen LogP contribution < -0.4 is 10.0 Å². The highest BCUT2D eigenvalue weighted by atomic mass is 35.5. The molecular formula is C20H20Cl2N4O3. The third kappa shape index (κ3) is 5.37. The van der Waals surface area contributed by atoms with E-state index in [0.29, 0.717) is 26.8 Å². The van der Waals surface area contributed by atoms with E-state index in [9.17, 15) is 14.8 Å². The molecule has 1 aromatic heterocycles. The molecule has 1 N–H and O–H groups in total. The minimum absolute atomic E-state index is 0.0630. The third-order valence-corrected chi connectivity index (χ3v) is 4.82. The molecule has 2 aromatic rings. The summed E-state index contributed by atoms with van der Waals surface area (Å²) in [5.74, 6) is -1.02. The van der Waals surface area contributed by atoms with E-state index in [2.05, 4.69) is 5.32 Å². The molecule has 9 heteroatoms. The van der Waals surface area contributed by atoms with E-state index in [-0.39, 0.29) is 17.2 Å². The highest BCUT2D eigenvalue weighted by molar-refractivity contribution is 6.39.